The van der Waals surface area contributed by atoms with E-state index in [0.717, 1.165) is 0 Å². The van der Waals surface area contributed by atoms with Crippen LogP contribution in [0, 0.1) is 5.82 Å². The fraction of sp³-hybridized carbons (Fsp3) is 0.346. The molecule has 0 amide bonds. The van der Waals surface area contributed by atoms with Crippen molar-refractivity contribution in [1.82, 2.24) is 19.5 Å². The Balaban J connectivity index is 1.83. The van der Waals surface area contributed by atoms with E-state index in [-0.39, 0.29) is 17.1 Å². The maximum Gasteiger partial charge on any atom is 0.387 e. The molecule has 0 aliphatic carbocycles. The standard InChI is InChI=1S/C26H27F3N4O3/c1-6-7-8-21(36-25(28)29)14(2)19-11-22(35-5)23-32-18-10-17(27)16(9-20(18)33(19)23)15-12-30-24(31-13-15)26(3,4)34/h6-10,12-13,19,22,25,34H,2,11H2,1,3-5H3/b7-6-,21-8+/t19-,22-/m0/s1. The third-order valence-electron chi connectivity index (χ3n) is 6.01. The summed E-state index contributed by atoms with van der Waals surface area (Å²) in [7, 11) is 1.53. The molecule has 1 aliphatic rings. The highest BCUT2D eigenvalue weighted by atomic mass is 19.3. The number of imidazole rings is 1. The van der Waals surface area contributed by atoms with Gasteiger partial charge in [-0.2, -0.15) is 8.78 Å². The quantitative estimate of drug-likeness (QED) is 0.313. The van der Waals surface area contributed by atoms with E-state index in [0.29, 0.717) is 34.4 Å². The molecule has 190 valence electrons. The molecule has 0 saturated heterocycles. The number of fused-ring (bicyclic) bond motifs is 3. The first-order chi connectivity index (χ1) is 17.0. The van der Waals surface area contributed by atoms with Crippen LogP contribution < -0.4 is 0 Å². The summed E-state index contributed by atoms with van der Waals surface area (Å²) in [6.45, 7) is 5.89. The number of hydrogen-bond acceptors (Lipinski definition) is 6. The lowest BCUT2D eigenvalue weighted by atomic mass is 10.0. The van der Waals surface area contributed by atoms with E-state index in [1.807, 2.05) is 4.57 Å². The summed E-state index contributed by atoms with van der Waals surface area (Å²) in [6, 6.07) is 2.40. The van der Waals surface area contributed by atoms with Gasteiger partial charge in [-0.25, -0.2) is 19.3 Å². The molecule has 1 N–H and O–H groups in total. The highest BCUT2D eigenvalue weighted by molar-refractivity contribution is 5.83. The summed E-state index contributed by atoms with van der Waals surface area (Å²) in [6.07, 6.45) is 7.53. The molecule has 1 aliphatic heterocycles. The average Bonchev–Trinajstić information content (AvgIpc) is 3.36. The summed E-state index contributed by atoms with van der Waals surface area (Å²) in [5.74, 6) is 0.150. The number of aromatic nitrogens is 4. The predicted molar refractivity (Wildman–Crippen MR) is 128 cm³/mol. The molecule has 7 nitrogen and oxygen atoms in total. The topological polar surface area (TPSA) is 82.3 Å². The van der Waals surface area contributed by atoms with Gasteiger partial charge in [-0.05, 0) is 32.9 Å². The minimum absolute atomic E-state index is 0.0596. The van der Waals surface area contributed by atoms with E-state index >= 15 is 4.39 Å². The normalized spacial score (nSPS) is 18.4. The fourth-order valence-corrected chi connectivity index (χ4v) is 4.27. The van der Waals surface area contributed by atoms with Crippen LogP contribution in [0.3, 0.4) is 0 Å². The lowest BCUT2D eigenvalue weighted by Crippen LogP contribution is -2.19. The number of ether oxygens (including phenoxy) is 2. The van der Waals surface area contributed by atoms with Gasteiger partial charge in [0.1, 0.15) is 29.1 Å². The van der Waals surface area contributed by atoms with Gasteiger partial charge in [0.25, 0.3) is 0 Å². The number of allylic oxidation sites excluding steroid dienone is 4. The molecular weight excluding hydrogens is 473 g/mol. The molecule has 0 spiro atoms. The average molecular weight is 501 g/mol. The van der Waals surface area contributed by atoms with Crippen molar-refractivity contribution < 1.29 is 27.8 Å². The minimum atomic E-state index is -3.02. The van der Waals surface area contributed by atoms with E-state index < -0.39 is 30.2 Å². The Morgan fingerprint density at radius 3 is 2.56 bits per heavy atom. The number of halogens is 3. The number of aliphatic hydroxyl groups is 1. The minimum Gasteiger partial charge on any atom is -0.434 e. The molecule has 0 fully saturated rings. The Hall–Kier alpha value is -3.50. The Labute approximate surface area is 206 Å². The van der Waals surface area contributed by atoms with Gasteiger partial charge in [0, 0.05) is 48.7 Å². The van der Waals surface area contributed by atoms with Crippen LogP contribution in [0.25, 0.3) is 22.2 Å². The van der Waals surface area contributed by atoms with Gasteiger partial charge in [-0.1, -0.05) is 18.7 Å². The zero-order chi connectivity index (χ0) is 26.2. The van der Waals surface area contributed by atoms with Gasteiger partial charge < -0.3 is 19.1 Å². The van der Waals surface area contributed by atoms with E-state index in [4.69, 9.17) is 9.47 Å². The van der Waals surface area contributed by atoms with Gasteiger partial charge in [-0.3, -0.25) is 0 Å². The molecule has 0 bridgehead atoms. The SMILES string of the molecule is C=C(/C(=C\C=C/C)OC(F)F)[C@@H]1C[C@H](OC)c2nc3cc(F)c(-c4cnc(C(C)(C)O)nc4)cc3n21. The molecule has 0 unspecified atom stereocenters. The zero-order valence-corrected chi connectivity index (χ0v) is 20.4. The van der Waals surface area contributed by atoms with Gasteiger partial charge in [0.15, 0.2) is 5.82 Å². The Bertz CT molecular complexity index is 1340. The van der Waals surface area contributed by atoms with Crippen molar-refractivity contribution in [3.63, 3.8) is 0 Å². The molecule has 0 radical (unpaired) electrons. The van der Waals surface area contributed by atoms with Crippen molar-refractivity contribution in [3.8, 4) is 11.1 Å². The van der Waals surface area contributed by atoms with E-state index in [1.165, 1.54) is 31.6 Å². The summed E-state index contributed by atoms with van der Waals surface area (Å²) < 4.78 is 53.6. The second kappa shape index (κ2) is 9.87. The van der Waals surface area contributed by atoms with Crippen molar-refractivity contribution in [1.29, 1.82) is 0 Å². The summed E-state index contributed by atoms with van der Waals surface area (Å²) in [5, 5.41) is 10.1. The van der Waals surface area contributed by atoms with Crippen LogP contribution in [0.1, 0.15) is 51.0 Å². The Kier molecular flexibility index (Phi) is 7.01. The molecule has 2 atom stereocenters. The van der Waals surface area contributed by atoms with Gasteiger partial charge in [0.2, 0.25) is 0 Å². The molecule has 4 rings (SSSR count). The Morgan fingerprint density at radius 1 is 1.28 bits per heavy atom. The first kappa shape index (κ1) is 25.6. The summed E-state index contributed by atoms with van der Waals surface area (Å²) in [4.78, 5) is 12.9. The van der Waals surface area contributed by atoms with E-state index in [2.05, 4.69) is 21.5 Å². The molecule has 3 heterocycles. The number of alkyl halides is 2. The lowest BCUT2D eigenvalue weighted by molar-refractivity contribution is -0.0940. The molecule has 1 aromatic carbocycles. The molecule has 2 aromatic heterocycles. The van der Waals surface area contributed by atoms with Crippen LogP contribution in [0.2, 0.25) is 0 Å². The van der Waals surface area contributed by atoms with Crippen LogP contribution in [-0.2, 0) is 15.1 Å². The van der Waals surface area contributed by atoms with Crippen LogP contribution >= 0.6 is 0 Å². The van der Waals surface area contributed by atoms with Crippen molar-refractivity contribution in [2.45, 2.75) is 51.6 Å². The molecule has 0 saturated carbocycles. The Morgan fingerprint density at radius 2 is 1.97 bits per heavy atom. The second-order valence-corrected chi connectivity index (χ2v) is 8.95. The van der Waals surface area contributed by atoms with Crippen molar-refractivity contribution in [3.05, 3.63) is 78.1 Å². The highest BCUT2D eigenvalue weighted by Crippen LogP contribution is 2.45. The smallest absolute Gasteiger partial charge is 0.387 e. The van der Waals surface area contributed by atoms with Crippen molar-refractivity contribution in [2.75, 3.05) is 7.11 Å². The number of benzene rings is 1. The van der Waals surface area contributed by atoms with Crippen molar-refractivity contribution >= 4 is 11.0 Å². The summed E-state index contributed by atoms with van der Waals surface area (Å²) in [5.41, 5.74) is 0.664. The van der Waals surface area contributed by atoms with Crippen molar-refractivity contribution in [2.24, 2.45) is 0 Å². The maximum absolute atomic E-state index is 15.1. The molecular formula is C26H27F3N4O3. The third kappa shape index (κ3) is 4.78. The van der Waals surface area contributed by atoms with Crippen LogP contribution in [-0.4, -0.2) is 38.3 Å². The van der Waals surface area contributed by atoms with Gasteiger partial charge >= 0.3 is 6.61 Å². The van der Waals surface area contributed by atoms with Crippen LogP contribution in [0.5, 0.6) is 0 Å². The van der Waals surface area contributed by atoms with E-state index in [1.54, 1.807) is 39.0 Å². The van der Waals surface area contributed by atoms with Gasteiger partial charge in [0.05, 0.1) is 17.1 Å². The fourth-order valence-electron chi connectivity index (χ4n) is 4.27. The predicted octanol–water partition coefficient (Wildman–Crippen LogP) is 5.75. The molecule has 10 heteroatoms. The van der Waals surface area contributed by atoms with Crippen LogP contribution in [0.4, 0.5) is 13.2 Å². The largest absolute Gasteiger partial charge is 0.434 e. The number of nitrogens with zero attached hydrogens (tertiary/aromatic N) is 4. The van der Waals surface area contributed by atoms with E-state index in [9.17, 15) is 13.9 Å². The first-order valence-electron chi connectivity index (χ1n) is 11.3. The van der Waals surface area contributed by atoms with Crippen LogP contribution in [0.15, 0.2) is 60.7 Å². The third-order valence-corrected chi connectivity index (χ3v) is 6.01. The second-order valence-electron chi connectivity index (χ2n) is 8.95. The number of rotatable bonds is 8. The monoisotopic (exact) mass is 500 g/mol. The van der Waals surface area contributed by atoms with Gasteiger partial charge in [-0.15, -0.1) is 0 Å². The lowest BCUT2D eigenvalue weighted by Gasteiger charge is -2.20. The number of methoxy groups -OCH3 is 1. The summed E-state index contributed by atoms with van der Waals surface area (Å²) >= 11 is 0. The first-order valence-corrected chi connectivity index (χ1v) is 11.3. The molecule has 3 aromatic rings. The maximum atomic E-state index is 15.1. The highest BCUT2D eigenvalue weighted by Gasteiger charge is 2.37. The zero-order valence-electron chi connectivity index (χ0n) is 20.4. The molecule has 36 heavy (non-hydrogen) atoms. The number of hydrogen-bond donors (Lipinski definition) is 1.